The number of hydrogen-bond acceptors (Lipinski definition) is 3. The topological polar surface area (TPSA) is 86.7 Å². The first kappa shape index (κ1) is 12.5. The van der Waals surface area contributed by atoms with E-state index in [4.69, 9.17) is 5.11 Å². The van der Waals surface area contributed by atoms with Gasteiger partial charge in [-0.1, -0.05) is 0 Å². The Hall–Kier alpha value is -1.59. The van der Waals surface area contributed by atoms with E-state index in [1.807, 2.05) is 0 Å². The first-order chi connectivity index (χ1) is 7.49. The number of carboxylic acid groups (broad SMARTS) is 1. The van der Waals surface area contributed by atoms with Crippen molar-refractivity contribution in [2.45, 2.75) is 32.2 Å². The molecule has 1 heterocycles. The molecule has 0 aromatic heterocycles. The molecule has 0 spiro atoms. The summed E-state index contributed by atoms with van der Waals surface area (Å²) in [7, 11) is 0. The Labute approximate surface area is 93.6 Å². The average Bonchev–Trinajstić information content (AvgIpc) is 2.63. The van der Waals surface area contributed by atoms with Crippen molar-refractivity contribution in [1.82, 2.24) is 10.2 Å². The molecule has 6 heteroatoms. The second kappa shape index (κ2) is 5.48. The molecule has 0 aliphatic carbocycles. The van der Waals surface area contributed by atoms with E-state index in [1.165, 1.54) is 6.92 Å². The van der Waals surface area contributed by atoms with Gasteiger partial charge in [-0.2, -0.15) is 0 Å². The zero-order valence-electron chi connectivity index (χ0n) is 9.23. The number of carbonyl (C=O) groups excluding carboxylic acids is 2. The van der Waals surface area contributed by atoms with Crippen LogP contribution in [0.15, 0.2) is 0 Å². The van der Waals surface area contributed by atoms with Crippen LogP contribution < -0.4 is 5.32 Å². The Morgan fingerprint density at radius 2 is 2.06 bits per heavy atom. The zero-order valence-corrected chi connectivity index (χ0v) is 9.23. The van der Waals surface area contributed by atoms with Gasteiger partial charge in [0.1, 0.15) is 0 Å². The Morgan fingerprint density at radius 1 is 1.38 bits per heavy atom. The van der Waals surface area contributed by atoms with E-state index in [0.29, 0.717) is 13.1 Å². The van der Waals surface area contributed by atoms with Crippen molar-refractivity contribution >= 4 is 17.8 Å². The van der Waals surface area contributed by atoms with E-state index in [0.717, 1.165) is 6.42 Å². The summed E-state index contributed by atoms with van der Waals surface area (Å²) in [6.45, 7) is 2.67. The van der Waals surface area contributed by atoms with Crippen molar-refractivity contribution in [3.8, 4) is 0 Å². The number of likely N-dealkylation sites (tertiary alicyclic amines) is 1. The molecule has 6 nitrogen and oxygen atoms in total. The lowest BCUT2D eigenvalue weighted by molar-refractivity contribution is -0.138. The lowest BCUT2D eigenvalue weighted by Gasteiger charge is -2.14. The molecule has 16 heavy (non-hydrogen) atoms. The molecule has 90 valence electrons. The van der Waals surface area contributed by atoms with Crippen LogP contribution in [0.3, 0.4) is 0 Å². The predicted octanol–water partition coefficient (Wildman–Crippen LogP) is -0.412. The lowest BCUT2D eigenvalue weighted by atomic mass is 10.2. The molecule has 1 fully saturated rings. The van der Waals surface area contributed by atoms with Gasteiger partial charge in [0, 0.05) is 32.5 Å². The van der Waals surface area contributed by atoms with Crippen molar-refractivity contribution < 1.29 is 19.5 Å². The van der Waals surface area contributed by atoms with Crippen LogP contribution >= 0.6 is 0 Å². The number of amides is 2. The molecule has 0 aromatic rings. The van der Waals surface area contributed by atoms with Gasteiger partial charge in [0.05, 0.1) is 6.42 Å². The zero-order chi connectivity index (χ0) is 12.1. The summed E-state index contributed by atoms with van der Waals surface area (Å²) in [6.07, 6.45) is 0.569. The second-order valence-corrected chi connectivity index (χ2v) is 3.91. The minimum absolute atomic E-state index is 0.00212. The quantitative estimate of drug-likeness (QED) is 0.684. The van der Waals surface area contributed by atoms with E-state index in [1.54, 1.807) is 4.90 Å². The van der Waals surface area contributed by atoms with Crippen LogP contribution in [-0.2, 0) is 14.4 Å². The van der Waals surface area contributed by atoms with Gasteiger partial charge >= 0.3 is 5.97 Å². The van der Waals surface area contributed by atoms with Gasteiger partial charge < -0.3 is 15.3 Å². The molecule has 0 radical (unpaired) electrons. The number of carbonyl (C=O) groups is 3. The molecule has 0 bridgehead atoms. The summed E-state index contributed by atoms with van der Waals surface area (Å²) in [5, 5.41) is 11.1. The van der Waals surface area contributed by atoms with Gasteiger partial charge in [-0.05, 0) is 6.42 Å². The Morgan fingerprint density at radius 3 is 2.56 bits per heavy atom. The third kappa shape index (κ3) is 3.88. The minimum atomic E-state index is -0.980. The summed E-state index contributed by atoms with van der Waals surface area (Å²) < 4.78 is 0. The van der Waals surface area contributed by atoms with Crippen LogP contribution in [0.25, 0.3) is 0 Å². The highest BCUT2D eigenvalue weighted by atomic mass is 16.4. The van der Waals surface area contributed by atoms with Crippen molar-refractivity contribution in [2.75, 3.05) is 13.1 Å². The molecule has 1 aliphatic rings. The molecular formula is C10H16N2O4. The first-order valence-electron chi connectivity index (χ1n) is 5.25. The number of hydrogen-bond donors (Lipinski definition) is 2. The summed E-state index contributed by atoms with van der Waals surface area (Å²) in [5.74, 6) is -1.24. The summed E-state index contributed by atoms with van der Waals surface area (Å²) in [5.41, 5.74) is 0. The van der Waals surface area contributed by atoms with Crippen molar-refractivity contribution in [2.24, 2.45) is 0 Å². The highest BCUT2D eigenvalue weighted by Crippen LogP contribution is 2.09. The van der Waals surface area contributed by atoms with Crippen LogP contribution in [0.4, 0.5) is 0 Å². The number of nitrogens with zero attached hydrogens (tertiary/aromatic N) is 1. The molecule has 2 amide bonds. The average molecular weight is 228 g/mol. The van der Waals surface area contributed by atoms with Gasteiger partial charge in [-0.15, -0.1) is 0 Å². The molecular weight excluding hydrogens is 212 g/mol. The predicted molar refractivity (Wildman–Crippen MR) is 55.7 cm³/mol. The molecule has 1 atom stereocenters. The number of nitrogens with one attached hydrogen (secondary N) is 1. The fraction of sp³-hybridized carbons (Fsp3) is 0.700. The largest absolute Gasteiger partial charge is 0.481 e. The SMILES string of the molecule is CC(=O)N1CCC(NC(=O)CCC(=O)O)C1. The van der Waals surface area contributed by atoms with E-state index in [9.17, 15) is 14.4 Å². The van der Waals surface area contributed by atoms with E-state index >= 15 is 0 Å². The summed E-state index contributed by atoms with van der Waals surface area (Å²) in [4.78, 5) is 34.2. The van der Waals surface area contributed by atoms with Gasteiger partial charge in [0.15, 0.2) is 0 Å². The summed E-state index contributed by atoms with van der Waals surface area (Å²) in [6, 6.07) is -0.0369. The number of aliphatic carboxylic acids is 1. The van der Waals surface area contributed by atoms with Crippen LogP contribution in [0.2, 0.25) is 0 Å². The van der Waals surface area contributed by atoms with Gasteiger partial charge in [0.2, 0.25) is 11.8 Å². The van der Waals surface area contributed by atoms with Gasteiger partial charge in [0.25, 0.3) is 0 Å². The standard InChI is InChI=1S/C10H16N2O4/c1-7(13)12-5-4-8(6-12)11-9(14)2-3-10(15)16/h8H,2-6H2,1H3,(H,11,14)(H,15,16). The molecule has 0 aromatic carbocycles. The molecule has 2 N–H and O–H groups in total. The summed E-state index contributed by atoms with van der Waals surface area (Å²) >= 11 is 0. The van der Waals surface area contributed by atoms with E-state index in [-0.39, 0.29) is 30.7 Å². The minimum Gasteiger partial charge on any atom is -0.481 e. The van der Waals surface area contributed by atoms with Gasteiger partial charge in [-0.3, -0.25) is 14.4 Å². The van der Waals surface area contributed by atoms with Crippen LogP contribution in [0.1, 0.15) is 26.2 Å². The Balaban J connectivity index is 2.26. The highest BCUT2D eigenvalue weighted by Gasteiger charge is 2.25. The van der Waals surface area contributed by atoms with Crippen molar-refractivity contribution in [1.29, 1.82) is 0 Å². The number of rotatable bonds is 4. The highest BCUT2D eigenvalue weighted by molar-refractivity contribution is 5.81. The van der Waals surface area contributed by atoms with E-state index < -0.39 is 5.97 Å². The van der Waals surface area contributed by atoms with Gasteiger partial charge in [-0.25, -0.2) is 0 Å². The Bertz CT molecular complexity index is 303. The van der Waals surface area contributed by atoms with Crippen molar-refractivity contribution in [3.63, 3.8) is 0 Å². The third-order valence-corrected chi connectivity index (χ3v) is 2.56. The molecule has 0 saturated carbocycles. The van der Waals surface area contributed by atoms with E-state index in [2.05, 4.69) is 5.32 Å². The molecule has 1 unspecified atom stereocenters. The third-order valence-electron chi connectivity index (χ3n) is 2.56. The fourth-order valence-electron chi connectivity index (χ4n) is 1.68. The smallest absolute Gasteiger partial charge is 0.303 e. The molecule has 1 rings (SSSR count). The maximum atomic E-state index is 11.3. The van der Waals surface area contributed by atoms with Crippen LogP contribution in [0, 0.1) is 0 Å². The number of carboxylic acids is 1. The normalized spacial score (nSPS) is 19.6. The molecule has 1 aliphatic heterocycles. The Kier molecular flexibility index (Phi) is 4.28. The fourth-order valence-corrected chi connectivity index (χ4v) is 1.68. The van der Waals surface area contributed by atoms with Crippen LogP contribution in [-0.4, -0.2) is 46.9 Å². The lowest BCUT2D eigenvalue weighted by Crippen LogP contribution is -2.38. The second-order valence-electron chi connectivity index (χ2n) is 3.91. The first-order valence-corrected chi connectivity index (χ1v) is 5.25. The van der Waals surface area contributed by atoms with Crippen LogP contribution in [0.5, 0.6) is 0 Å². The maximum Gasteiger partial charge on any atom is 0.303 e. The maximum absolute atomic E-state index is 11.3. The monoisotopic (exact) mass is 228 g/mol. The molecule has 1 saturated heterocycles. The van der Waals surface area contributed by atoms with Crippen molar-refractivity contribution in [3.05, 3.63) is 0 Å².